The number of para-hydroxylation sites is 1. The maximum Gasteiger partial charge on any atom is 0.409 e. The van der Waals surface area contributed by atoms with Crippen molar-refractivity contribution in [1.82, 2.24) is 41.4 Å². The molecule has 5 aromatic rings. The predicted octanol–water partition coefficient (Wildman–Crippen LogP) is 7.44. The van der Waals surface area contributed by atoms with Crippen molar-refractivity contribution in [2.24, 2.45) is 23.5 Å². The number of epoxide rings is 1. The molecule has 4 aliphatic rings. The summed E-state index contributed by atoms with van der Waals surface area (Å²) < 4.78 is 29.8. The van der Waals surface area contributed by atoms with Crippen molar-refractivity contribution in [3.8, 4) is 11.5 Å². The van der Waals surface area contributed by atoms with Crippen molar-refractivity contribution in [3.63, 3.8) is 0 Å². The normalized spacial score (nSPS) is 26.7. The quantitative estimate of drug-likeness (QED) is 0.0111. The standard InChI is InChI=1S/C85H111ClN10O19S2/c1-49-20-14-17-26-70(112-10)85(110)47-69(113-83(109)93-85)50(2)77-84(5,115-77)71(46-74(103)95(7)65-41-55(38-49)42-68(111-9)75(65)86)114-82(108)51(3)94(6)73(102)33-36-116-117-37-35-88-72(101)32-31-64-67(100)45-57(39-54-27-29-59(98)30-28-54)79(105)90-62(43-58-48-89-61-25-16-15-24-60(58)61)66(99)44-56(23-18-19-34-87)78(104)92-76(52(4)97)80(106)91-63(81(107)96(64)8)40-53-21-12-11-13-22-53/h11-17,20-22,24-25,27-30,41-42,48,50-52,56-57,62-64,69-71,76-77,89,97-98,110H,18-19,23,26,31-40,43-47,87H2,1-10H3,(H,88,101)(H,90,105)(H,91,106)(H,92,104)(H,93,109)/b17-14+,49-20+/t50-,51+,52-,56-,57-,62-,63+,64+,69+,70-,71+,76+,77+,84+,85+/m1/s1. The van der Waals surface area contributed by atoms with E-state index in [4.69, 9.17) is 41.0 Å². The van der Waals surface area contributed by atoms with Gasteiger partial charge >= 0.3 is 12.1 Å². The summed E-state index contributed by atoms with van der Waals surface area (Å²) in [5, 5.41) is 48.3. The predicted molar refractivity (Wildman–Crippen MR) is 444 cm³/mol. The Morgan fingerprint density at radius 2 is 1.50 bits per heavy atom. The lowest BCUT2D eigenvalue weighted by Gasteiger charge is -2.42. The van der Waals surface area contributed by atoms with Gasteiger partial charge in [-0.05, 0) is 125 Å². The fourth-order valence-corrected chi connectivity index (χ4v) is 17.4. The molecule has 0 spiro atoms. The van der Waals surface area contributed by atoms with Gasteiger partial charge in [-0.25, -0.2) is 9.59 Å². The number of phenols is 1. The molecule has 9 rings (SSSR count). The van der Waals surface area contributed by atoms with Crippen LogP contribution in [-0.4, -0.2) is 227 Å². The molecule has 3 saturated heterocycles. The van der Waals surface area contributed by atoms with Crippen LogP contribution in [0.3, 0.4) is 0 Å². The number of nitrogens with one attached hydrogen (secondary N) is 6. The highest BCUT2D eigenvalue weighted by molar-refractivity contribution is 8.76. The summed E-state index contributed by atoms with van der Waals surface area (Å²) in [6.45, 7) is 8.57. The SMILES string of the molecule is COc1cc2cc(c1Cl)N(C)C(=O)C[C@H](OC(=O)[C@H](C)N(C)C(=O)CCSSCCNC(=O)CC[C@H]1C(=O)C[C@@H](Cc3ccc(O)cc3)C(=O)N[C@H](Cc3c[nH]c4ccccc34)C(=O)C[C@@H](CCCCN)C(=O)N[C@@H]([C@@H](C)O)C(=O)N[C@@H](Cc3ccccc3)C(=O)N1C)[C@]1(C)O[C@H]1[C@H](C)[C@@H]1C[C@@](O)(NC(=O)O1)[C@H](OC)C/C=C/C=C(\C)C2. The number of fused-ring (bicyclic) bond motifs is 6. The van der Waals surface area contributed by atoms with Gasteiger partial charge in [0.25, 0.3) is 0 Å². The number of halogens is 1. The lowest BCUT2D eigenvalue weighted by Crippen LogP contribution is -2.64. The number of hydrogen-bond acceptors (Lipinski definition) is 22. The number of aromatic nitrogens is 1. The molecule has 1 aromatic heterocycles. The molecule has 32 heteroatoms. The number of Topliss-reactive ketones (excluding diaryl/α,β-unsaturated/α-hetero) is 2. The maximum absolute atomic E-state index is 15.4. The van der Waals surface area contributed by atoms with E-state index < -0.39 is 174 Å². The number of carbonyl (C=O) groups excluding carboxylic acids is 11. The summed E-state index contributed by atoms with van der Waals surface area (Å²) in [6, 6.07) is 18.7. The number of aliphatic hydroxyl groups excluding tert-OH is 1. The number of amides is 8. The number of aromatic amines is 1. The number of H-pyrrole nitrogens is 1. The third-order valence-corrected chi connectivity index (χ3v) is 25.3. The molecule has 5 heterocycles. The van der Waals surface area contributed by atoms with Crippen molar-refractivity contribution in [2.75, 3.05) is 64.9 Å². The van der Waals surface area contributed by atoms with Crippen LogP contribution < -0.4 is 42.0 Å². The van der Waals surface area contributed by atoms with Crippen LogP contribution in [0.15, 0.2) is 121 Å². The number of methoxy groups -OCH3 is 2. The molecular formula is C85H111ClN10O19S2. The lowest BCUT2D eigenvalue weighted by atomic mass is 9.83. The van der Waals surface area contributed by atoms with E-state index in [1.54, 1.807) is 74.6 Å². The Hall–Kier alpha value is -9.34. The van der Waals surface area contributed by atoms with Crippen LogP contribution in [0.25, 0.3) is 10.9 Å². The number of allylic oxidation sites excluding steroid dienone is 3. The molecule has 4 aliphatic heterocycles. The van der Waals surface area contributed by atoms with E-state index in [2.05, 4.69) is 31.6 Å². The third-order valence-electron chi connectivity index (χ3n) is 22.5. The first-order chi connectivity index (χ1) is 55.8. The average Bonchev–Trinajstić information content (AvgIpc) is 1.57. The van der Waals surface area contributed by atoms with E-state index in [1.165, 1.54) is 92.7 Å². The van der Waals surface area contributed by atoms with Crippen molar-refractivity contribution in [3.05, 3.63) is 148 Å². The largest absolute Gasteiger partial charge is 0.508 e. The van der Waals surface area contributed by atoms with Gasteiger partial charge in [-0.15, -0.1) is 0 Å². The highest BCUT2D eigenvalue weighted by Crippen LogP contribution is 2.50. The number of phenolic OH excluding ortho intramolecular Hbond substituents is 1. The molecule has 11 N–H and O–H groups in total. The van der Waals surface area contributed by atoms with Crippen LogP contribution in [0.1, 0.15) is 128 Å². The first-order valence-electron chi connectivity index (χ1n) is 39.6. The molecule has 29 nitrogen and oxygen atoms in total. The Bertz CT molecular complexity index is 4420. The second-order valence-corrected chi connectivity index (χ2v) is 34.1. The van der Waals surface area contributed by atoms with Gasteiger partial charge < -0.3 is 85.7 Å². The van der Waals surface area contributed by atoms with E-state index in [0.29, 0.717) is 53.1 Å². The van der Waals surface area contributed by atoms with E-state index >= 15 is 19.2 Å². The smallest absolute Gasteiger partial charge is 0.409 e. The molecule has 4 bridgehead atoms. The number of unbranched alkanes of at least 4 members (excludes halogenated alkanes) is 1. The number of nitrogens with two attached hydrogens (primary N) is 1. The minimum Gasteiger partial charge on any atom is -0.508 e. The number of ether oxygens (including phenoxy) is 5. The van der Waals surface area contributed by atoms with Crippen molar-refractivity contribution < 1.29 is 91.7 Å². The zero-order chi connectivity index (χ0) is 85.0. The number of alkyl carbamates (subject to hydrolysis) is 1. The van der Waals surface area contributed by atoms with Gasteiger partial charge in [0.2, 0.25) is 41.4 Å². The van der Waals surface area contributed by atoms with Gasteiger partial charge in [0.05, 0.1) is 43.5 Å². The van der Waals surface area contributed by atoms with Gasteiger partial charge in [0.15, 0.2) is 17.3 Å². The molecule has 0 unspecified atom stereocenters. The molecule has 0 radical (unpaired) electrons. The molecule has 8 amide bonds. The van der Waals surface area contributed by atoms with Crippen molar-refractivity contribution >= 4 is 115 Å². The van der Waals surface area contributed by atoms with Crippen molar-refractivity contribution in [1.29, 1.82) is 0 Å². The molecule has 634 valence electrons. The summed E-state index contributed by atoms with van der Waals surface area (Å²) in [4.78, 5) is 167. The number of hydrogen-bond donors (Lipinski definition) is 10. The Labute approximate surface area is 695 Å². The summed E-state index contributed by atoms with van der Waals surface area (Å²) in [5.41, 5.74) is 7.26. The van der Waals surface area contributed by atoms with Crippen molar-refractivity contribution in [2.45, 2.75) is 203 Å². The van der Waals surface area contributed by atoms with E-state index in [9.17, 15) is 48.9 Å². The molecule has 0 aliphatic carbocycles. The van der Waals surface area contributed by atoms with Gasteiger partial charge in [0.1, 0.15) is 58.6 Å². The number of anilines is 1. The van der Waals surface area contributed by atoms with Crippen LogP contribution in [0, 0.1) is 17.8 Å². The molecule has 3 fully saturated rings. The summed E-state index contributed by atoms with van der Waals surface area (Å²) in [6.07, 6.45) is 0.343. The van der Waals surface area contributed by atoms with Crippen LogP contribution in [-0.2, 0) is 92.6 Å². The number of esters is 1. The van der Waals surface area contributed by atoms with Gasteiger partial charge in [0, 0.05) is 126 Å². The summed E-state index contributed by atoms with van der Waals surface area (Å²) >= 11 is 6.90. The minimum absolute atomic E-state index is 0.0296. The Kier molecular flexibility index (Phi) is 33.1. The number of aromatic hydroxyl groups is 1. The van der Waals surface area contributed by atoms with Crippen LogP contribution in [0.2, 0.25) is 5.02 Å². The molecule has 15 atom stereocenters. The monoisotopic (exact) mass is 1670 g/mol. The Morgan fingerprint density at radius 3 is 2.21 bits per heavy atom. The van der Waals surface area contributed by atoms with Crippen LogP contribution >= 0.6 is 33.2 Å². The zero-order valence-electron chi connectivity index (χ0n) is 67.9. The number of nitrogens with zero attached hydrogens (tertiary/aromatic N) is 3. The fourth-order valence-electron chi connectivity index (χ4n) is 15.2. The van der Waals surface area contributed by atoms with Crippen LogP contribution in [0.5, 0.6) is 11.5 Å². The zero-order valence-corrected chi connectivity index (χ0v) is 70.3. The van der Waals surface area contributed by atoms with E-state index in [-0.39, 0.29) is 87.4 Å². The number of benzene rings is 4. The van der Waals surface area contributed by atoms with Gasteiger partial charge in [-0.3, -0.25) is 48.5 Å². The van der Waals surface area contributed by atoms with Gasteiger partial charge in [-0.1, -0.05) is 131 Å². The fraction of sp³-hybridized carbons (Fsp3) is 0.518. The number of likely N-dealkylation sites (N-methyl/N-ethyl adjacent to an activating group) is 2. The number of carbonyl (C=O) groups is 11. The second kappa shape index (κ2) is 42.4. The average molecular weight is 1680 g/mol. The summed E-state index contributed by atoms with van der Waals surface area (Å²) in [5.74, 6) is -8.62. The Balaban J connectivity index is 0.872. The first-order valence-corrected chi connectivity index (χ1v) is 42.5. The first kappa shape index (κ1) is 91.6. The Morgan fingerprint density at radius 1 is 0.812 bits per heavy atom. The van der Waals surface area contributed by atoms with E-state index in [0.717, 1.165) is 26.9 Å². The van der Waals surface area contributed by atoms with E-state index in [1.807, 2.05) is 49.4 Å². The topological polar surface area (TPSA) is 410 Å². The second-order valence-electron chi connectivity index (χ2n) is 31.0. The molecular weight excluding hydrogens is 1560 g/mol. The lowest BCUT2D eigenvalue weighted by molar-refractivity contribution is -0.162. The molecule has 117 heavy (non-hydrogen) atoms. The number of ketones is 2. The number of rotatable bonds is 26. The highest BCUT2D eigenvalue weighted by atomic mass is 35.5. The summed E-state index contributed by atoms with van der Waals surface area (Å²) in [7, 11) is 9.93. The van der Waals surface area contributed by atoms with Gasteiger partial charge in [-0.2, -0.15) is 0 Å². The minimum atomic E-state index is -1.87. The third kappa shape index (κ3) is 24.4. The molecule has 0 saturated carbocycles. The highest BCUT2D eigenvalue weighted by Gasteiger charge is 2.65. The molecule has 4 aromatic carbocycles. The van der Waals surface area contributed by atoms with Crippen LogP contribution in [0.4, 0.5) is 10.5 Å². The maximum atomic E-state index is 15.4. The number of aliphatic hydroxyl groups is 2.